The molecule has 1 heterocycles. The highest BCUT2D eigenvalue weighted by atomic mass is 32.1. The number of methoxy groups -OCH3 is 2. The van der Waals surface area contributed by atoms with Crippen LogP contribution >= 0.6 is 11.3 Å². The molecule has 56 heavy (non-hydrogen) atoms. The highest BCUT2D eigenvalue weighted by molar-refractivity contribution is 7.14. The predicted molar refractivity (Wildman–Crippen MR) is 219 cm³/mol. The molecule has 0 saturated heterocycles. The predicted octanol–water partition coefficient (Wildman–Crippen LogP) is 7.93. The van der Waals surface area contributed by atoms with Crippen LogP contribution in [0.1, 0.15) is 84.5 Å². The number of Topliss-reactive ketones (excluding diaryl/α,β-unsaturated/α-hetero) is 1. The number of aliphatic hydroxyl groups excluding tert-OH is 2. The van der Waals surface area contributed by atoms with Gasteiger partial charge in [0.15, 0.2) is 5.78 Å². The molecule has 1 aromatic heterocycles. The molecule has 0 aliphatic heterocycles. The van der Waals surface area contributed by atoms with Gasteiger partial charge in [0.1, 0.15) is 11.5 Å². The largest absolute Gasteiger partial charge is 0.497 e. The van der Waals surface area contributed by atoms with E-state index in [1.54, 1.807) is 25.6 Å². The highest BCUT2D eigenvalue weighted by Gasteiger charge is 2.74. The summed E-state index contributed by atoms with van der Waals surface area (Å²) in [5.41, 5.74) is 0.248. The van der Waals surface area contributed by atoms with E-state index in [4.69, 9.17) is 14.2 Å². The Morgan fingerprint density at radius 2 is 1.70 bits per heavy atom. The number of carbonyl (C=O) groups excluding carboxylic acids is 1. The maximum Gasteiger partial charge on any atom is 0.199 e. The van der Waals surface area contributed by atoms with Gasteiger partial charge >= 0.3 is 0 Å². The first kappa shape index (κ1) is 39.5. The molecule has 3 N–H and O–H groups in total. The lowest BCUT2D eigenvalue weighted by Gasteiger charge is -2.71. The zero-order valence-electron chi connectivity index (χ0n) is 33.6. The Kier molecular flexibility index (Phi) is 10.5. The standard InChI is InChI=1S/C47H59NO7S/c1-31-11-14-39(56-31)42(51)37-25-45-21-22-47(37)40(43(45,2)18-15-34(49)24-45)16-19-44(3)41(47)17-20-46(44,52)30-48(26-33-12-13-36(53-4)23-38(33)54-5)27-35(50)29-55-28-32-9-7-6-8-10-32/h6-14,21-23,25,34-35,40-41,49-50,52H,15-20,24,26-30H2,1-5H3/t34?,35-,40-,41-,43-,44+,45+,46-,47-/m1/s1. The summed E-state index contributed by atoms with van der Waals surface area (Å²) in [5, 5.41) is 35.8. The van der Waals surface area contributed by atoms with Crippen LogP contribution in [0.4, 0.5) is 0 Å². The average molecular weight is 782 g/mol. The molecule has 8 nitrogen and oxygen atoms in total. The van der Waals surface area contributed by atoms with Gasteiger partial charge in [0.25, 0.3) is 0 Å². The monoisotopic (exact) mass is 781 g/mol. The molecule has 9 atom stereocenters. The molecule has 2 aromatic carbocycles. The topological polar surface area (TPSA) is 109 Å². The molecule has 6 aliphatic carbocycles. The SMILES string of the molecule is COc1ccc(CN(C[C@@H](O)COCc2ccccc2)C[C@]2(O)CC[C@H]3[C@]45C=C[C@@]6(C=C4C(=O)c4ccc(C)s4)CC(O)CC[C@]6(C)[C@H]5CC[C@@]32C)c(OC)c1. The molecule has 0 radical (unpaired) electrons. The molecule has 9 rings (SSSR count). The minimum absolute atomic E-state index is 0.0322. The van der Waals surface area contributed by atoms with Crippen molar-refractivity contribution in [1.29, 1.82) is 0 Å². The van der Waals surface area contributed by atoms with Gasteiger partial charge in [0.2, 0.25) is 0 Å². The summed E-state index contributed by atoms with van der Waals surface area (Å²) in [6, 6.07) is 19.7. The molecule has 0 amide bonds. The van der Waals surface area contributed by atoms with Gasteiger partial charge in [0.05, 0.1) is 50.1 Å². The number of thiophene rings is 1. The van der Waals surface area contributed by atoms with E-state index in [0.29, 0.717) is 50.6 Å². The number of aliphatic hydroxyl groups is 3. The van der Waals surface area contributed by atoms with E-state index in [9.17, 15) is 20.1 Å². The lowest BCUT2D eigenvalue weighted by molar-refractivity contribution is -0.177. The third-order valence-electron chi connectivity index (χ3n) is 15.2. The lowest BCUT2D eigenvalue weighted by atomic mass is 9.32. The first-order valence-electron chi connectivity index (χ1n) is 20.5. The Labute approximate surface area is 336 Å². The molecule has 6 aliphatic rings. The lowest BCUT2D eigenvalue weighted by Crippen LogP contribution is -2.67. The maximum absolute atomic E-state index is 14.9. The van der Waals surface area contributed by atoms with Crippen LogP contribution in [0.5, 0.6) is 11.5 Å². The molecule has 3 fully saturated rings. The first-order valence-corrected chi connectivity index (χ1v) is 21.3. The fourth-order valence-electron chi connectivity index (χ4n) is 12.3. The number of allylic oxidation sites excluding steroid dienone is 4. The molecular weight excluding hydrogens is 723 g/mol. The number of hydrogen-bond acceptors (Lipinski definition) is 9. The van der Waals surface area contributed by atoms with Gasteiger partial charge in [-0.25, -0.2) is 0 Å². The van der Waals surface area contributed by atoms with Gasteiger partial charge in [-0.1, -0.05) is 68.5 Å². The van der Waals surface area contributed by atoms with E-state index < -0.39 is 28.6 Å². The zero-order chi connectivity index (χ0) is 39.5. The van der Waals surface area contributed by atoms with Crippen LogP contribution in [0.3, 0.4) is 0 Å². The van der Waals surface area contributed by atoms with E-state index in [-0.39, 0.29) is 35.1 Å². The van der Waals surface area contributed by atoms with Crippen molar-refractivity contribution >= 4 is 17.1 Å². The number of ether oxygens (including phenoxy) is 3. The molecular formula is C47H59NO7S. The summed E-state index contributed by atoms with van der Waals surface area (Å²) in [6.07, 6.45) is 11.3. The third kappa shape index (κ3) is 6.32. The Morgan fingerprint density at radius 1 is 0.946 bits per heavy atom. The fraction of sp³-hybridized carbons (Fsp3) is 0.553. The second kappa shape index (κ2) is 14.8. The third-order valence-corrected chi connectivity index (χ3v) is 16.2. The van der Waals surface area contributed by atoms with Crippen LogP contribution in [-0.2, 0) is 17.9 Å². The van der Waals surface area contributed by atoms with Crippen molar-refractivity contribution in [3.8, 4) is 11.5 Å². The second-order valence-corrected chi connectivity index (χ2v) is 19.3. The maximum atomic E-state index is 14.9. The highest BCUT2D eigenvalue weighted by Crippen LogP contribution is 2.78. The van der Waals surface area contributed by atoms with Crippen LogP contribution in [-0.4, -0.2) is 77.7 Å². The van der Waals surface area contributed by atoms with Crippen LogP contribution in [0, 0.1) is 40.4 Å². The quantitative estimate of drug-likeness (QED) is 0.112. The molecule has 3 aromatic rings. The van der Waals surface area contributed by atoms with E-state index in [1.807, 2.05) is 67.6 Å². The summed E-state index contributed by atoms with van der Waals surface area (Å²) in [4.78, 5) is 18.9. The average Bonchev–Trinajstić information content (AvgIpc) is 3.74. The van der Waals surface area contributed by atoms with E-state index >= 15 is 0 Å². The van der Waals surface area contributed by atoms with Crippen molar-refractivity contribution in [1.82, 2.24) is 4.90 Å². The van der Waals surface area contributed by atoms with E-state index in [0.717, 1.165) is 58.6 Å². The Hall–Kier alpha value is -3.31. The van der Waals surface area contributed by atoms with Crippen molar-refractivity contribution in [2.24, 2.45) is 33.5 Å². The van der Waals surface area contributed by atoms with Gasteiger partial charge in [-0.15, -0.1) is 11.3 Å². The van der Waals surface area contributed by atoms with E-state index in [1.165, 1.54) is 0 Å². The van der Waals surface area contributed by atoms with Gasteiger partial charge in [0, 0.05) is 58.0 Å². The molecule has 2 bridgehead atoms. The molecule has 2 spiro atoms. The Balaban J connectivity index is 1.13. The first-order chi connectivity index (χ1) is 26.8. The van der Waals surface area contributed by atoms with Crippen LogP contribution in [0.25, 0.3) is 0 Å². The molecule has 3 saturated carbocycles. The fourth-order valence-corrected chi connectivity index (χ4v) is 13.1. The van der Waals surface area contributed by atoms with Crippen molar-refractivity contribution in [3.63, 3.8) is 0 Å². The number of fused-ring (bicyclic) bond motifs is 1. The van der Waals surface area contributed by atoms with Gasteiger partial charge in [-0.3, -0.25) is 9.69 Å². The number of nitrogens with zero attached hydrogens (tertiary/aromatic N) is 1. The van der Waals surface area contributed by atoms with E-state index in [2.05, 4.69) is 37.0 Å². The van der Waals surface area contributed by atoms with Crippen LogP contribution in [0.2, 0.25) is 0 Å². The molecule has 1 unspecified atom stereocenters. The number of hydrogen-bond donors (Lipinski definition) is 3. The van der Waals surface area contributed by atoms with Crippen molar-refractivity contribution in [2.75, 3.05) is 33.9 Å². The van der Waals surface area contributed by atoms with Crippen LogP contribution < -0.4 is 9.47 Å². The number of ketones is 1. The molecule has 9 heteroatoms. The summed E-state index contributed by atoms with van der Waals surface area (Å²) in [7, 11) is 3.28. The van der Waals surface area contributed by atoms with Gasteiger partial charge in [-0.05, 0) is 92.9 Å². The minimum atomic E-state index is -1.10. The number of benzene rings is 2. The molecule has 300 valence electrons. The van der Waals surface area contributed by atoms with Crippen LogP contribution in [0.15, 0.2) is 84.5 Å². The van der Waals surface area contributed by atoms with Crippen molar-refractivity contribution in [2.45, 2.75) is 96.7 Å². The summed E-state index contributed by atoms with van der Waals surface area (Å²) < 4.78 is 17.3. The van der Waals surface area contributed by atoms with Gasteiger partial charge < -0.3 is 29.5 Å². The number of rotatable bonds is 14. The zero-order valence-corrected chi connectivity index (χ0v) is 34.4. The summed E-state index contributed by atoms with van der Waals surface area (Å²) in [6.45, 7) is 8.40. The number of carbonyl (C=O) groups is 1. The van der Waals surface area contributed by atoms with Gasteiger partial charge in [-0.2, -0.15) is 0 Å². The Bertz CT molecular complexity index is 1990. The van der Waals surface area contributed by atoms with Crippen molar-refractivity contribution < 1.29 is 34.3 Å². The minimum Gasteiger partial charge on any atom is -0.497 e. The Morgan fingerprint density at radius 3 is 2.43 bits per heavy atom. The van der Waals surface area contributed by atoms with Crippen molar-refractivity contribution in [3.05, 3.63) is 105 Å². The summed E-state index contributed by atoms with van der Waals surface area (Å²) in [5.74, 6) is 1.74. The smallest absolute Gasteiger partial charge is 0.199 e. The second-order valence-electron chi connectivity index (χ2n) is 18.1. The summed E-state index contributed by atoms with van der Waals surface area (Å²) >= 11 is 1.56. The number of aryl methyl sites for hydroxylation is 1. The normalized spacial score (nSPS) is 34.7.